The van der Waals surface area contributed by atoms with Crippen LogP contribution in [0.5, 0.6) is 0 Å². The Morgan fingerprint density at radius 1 is 1.21 bits per heavy atom. The number of alkyl halides is 3. The van der Waals surface area contributed by atoms with E-state index < -0.39 is 11.7 Å². The molecule has 3 aromatic rings. The monoisotopic (exact) mass is 350 g/mol. The van der Waals surface area contributed by atoms with Crippen LogP contribution in [0.2, 0.25) is 0 Å². The topological polar surface area (TPSA) is 41.9 Å². The predicted molar refractivity (Wildman–Crippen MR) is 86.1 cm³/mol. The summed E-state index contributed by atoms with van der Waals surface area (Å²) >= 11 is 1.56. The maximum Gasteiger partial charge on any atom is 0.417 e. The Hall–Kier alpha value is -2.22. The second-order valence-electron chi connectivity index (χ2n) is 5.79. The molecule has 0 unspecified atom stereocenters. The van der Waals surface area contributed by atoms with Gasteiger partial charge in [0.2, 0.25) is 0 Å². The first-order chi connectivity index (χ1) is 11.4. The summed E-state index contributed by atoms with van der Waals surface area (Å²) in [5, 5.41) is 2.02. The number of hydrogen-bond acceptors (Lipinski definition) is 5. The normalized spacial score (nSPS) is 14.9. The van der Waals surface area contributed by atoms with Crippen LogP contribution in [0.25, 0.3) is 10.2 Å². The molecule has 0 aromatic carbocycles. The molecule has 4 rings (SSSR count). The van der Waals surface area contributed by atoms with Gasteiger partial charge in [0.05, 0.1) is 15.8 Å². The number of anilines is 1. The summed E-state index contributed by atoms with van der Waals surface area (Å²) < 4.78 is 39.7. The summed E-state index contributed by atoms with van der Waals surface area (Å²) in [7, 11) is 0. The third kappa shape index (κ3) is 2.50. The van der Waals surface area contributed by atoms with Crippen molar-refractivity contribution < 1.29 is 13.2 Å². The third-order valence-corrected chi connectivity index (χ3v) is 5.26. The number of fused-ring (bicyclic) bond motifs is 2. The van der Waals surface area contributed by atoms with Gasteiger partial charge in [-0.3, -0.25) is 4.98 Å². The SMILES string of the molecule is Cc1csc2c(N3CCc4ncc(C(F)(F)F)cc4C3)ncnc12. The zero-order valence-electron chi connectivity index (χ0n) is 12.8. The highest BCUT2D eigenvalue weighted by Gasteiger charge is 2.32. The molecule has 0 fully saturated rings. The summed E-state index contributed by atoms with van der Waals surface area (Å²) in [5.41, 5.74) is 2.61. The molecular formula is C16H13F3N4S. The number of hydrogen-bond donors (Lipinski definition) is 0. The largest absolute Gasteiger partial charge is 0.417 e. The van der Waals surface area contributed by atoms with Crippen molar-refractivity contribution in [1.29, 1.82) is 0 Å². The minimum Gasteiger partial charge on any atom is -0.351 e. The second kappa shape index (κ2) is 5.41. The maximum absolute atomic E-state index is 12.9. The first-order valence-corrected chi connectivity index (χ1v) is 8.30. The van der Waals surface area contributed by atoms with Gasteiger partial charge < -0.3 is 4.90 Å². The lowest BCUT2D eigenvalue weighted by molar-refractivity contribution is -0.137. The molecule has 0 bridgehead atoms. The van der Waals surface area contributed by atoms with Gasteiger partial charge in [-0.15, -0.1) is 11.3 Å². The highest BCUT2D eigenvalue weighted by molar-refractivity contribution is 7.18. The van der Waals surface area contributed by atoms with Crippen LogP contribution in [0.15, 0.2) is 24.0 Å². The van der Waals surface area contributed by atoms with Gasteiger partial charge in [-0.2, -0.15) is 13.2 Å². The summed E-state index contributed by atoms with van der Waals surface area (Å²) in [6.07, 6.45) is -1.35. The lowest BCUT2D eigenvalue weighted by Gasteiger charge is -2.29. The summed E-state index contributed by atoms with van der Waals surface area (Å²) in [6.45, 7) is 3.03. The van der Waals surface area contributed by atoms with Gasteiger partial charge in [-0.05, 0) is 29.5 Å². The molecule has 0 amide bonds. The van der Waals surface area contributed by atoms with Crippen LogP contribution >= 0.6 is 11.3 Å². The zero-order chi connectivity index (χ0) is 16.9. The number of aromatic nitrogens is 3. The lowest BCUT2D eigenvalue weighted by atomic mass is 10.0. The van der Waals surface area contributed by atoms with Crippen LogP contribution < -0.4 is 4.90 Å². The molecule has 0 N–H and O–H groups in total. The Labute approximate surface area is 140 Å². The lowest BCUT2D eigenvalue weighted by Crippen LogP contribution is -2.32. The van der Waals surface area contributed by atoms with E-state index in [0.717, 1.165) is 33.5 Å². The molecule has 1 aliphatic rings. The highest BCUT2D eigenvalue weighted by Crippen LogP contribution is 2.35. The fourth-order valence-corrected chi connectivity index (χ4v) is 3.96. The minimum atomic E-state index is -4.38. The first-order valence-electron chi connectivity index (χ1n) is 7.42. The van der Waals surface area contributed by atoms with Gasteiger partial charge in [0, 0.05) is 31.4 Å². The van der Waals surface area contributed by atoms with Gasteiger partial charge in [0.25, 0.3) is 0 Å². The number of nitrogens with zero attached hydrogens (tertiary/aromatic N) is 4. The van der Waals surface area contributed by atoms with E-state index in [2.05, 4.69) is 15.0 Å². The predicted octanol–water partition coefficient (Wildman–Crippen LogP) is 3.98. The van der Waals surface area contributed by atoms with Gasteiger partial charge in [-0.1, -0.05) is 0 Å². The Morgan fingerprint density at radius 2 is 2.04 bits per heavy atom. The van der Waals surface area contributed by atoms with Crippen LogP contribution in [0.4, 0.5) is 19.0 Å². The molecule has 0 atom stereocenters. The van der Waals surface area contributed by atoms with E-state index in [4.69, 9.17) is 0 Å². The van der Waals surface area contributed by atoms with Gasteiger partial charge in [0.15, 0.2) is 0 Å². The third-order valence-electron chi connectivity index (χ3n) is 4.18. The smallest absolute Gasteiger partial charge is 0.351 e. The number of halogens is 3. The van der Waals surface area contributed by atoms with Crippen molar-refractivity contribution in [3.8, 4) is 0 Å². The first kappa shape index (κ1) is 15.3. The van der Waals surface area contributed by atoms with Crippen molar-refractivity contribution in [2.45, 2.75) is 26.1 Å². The molecule has 4 nitrogen and oxygen atoms in total. The number of thiophene rings is 1. The van der Waals surface area contributed by atoms with Crippen LogP contribution in [-0.4, -0.2) is 21.5 Å². The molecule has 0 saturated heterocycles. The van der Waals surface area contributed by atoms with E-state index >= 15 is 0 Å². The average Bonchev–Trinajstić information content (AvgIpc) is 2.94. The van der Waals surface area contributed by atoms with Crippen LogP contribution in [0, 0.1) is 6.92 Å². The standard InChI is InChI=1S/C16H13F3N4S/c1-9-7-24-14-13(9)21-8-22-15(14)23-3-2-12-10(6-23)4-11(5-20-12)16(17,18)19/h4-5,7-8H,2-3,6H2,1H3. The van der Waals surface area contributed by atoms with Crippen molar-refractivity contribution in [2.24, 2.45) is 0 Å². The fourth-order valence-electron chi connectivity index (χ4n) is 2.94. The van der Waals surface area contributed by atoms with Crippen LogP contribution in [0.3, 0.4) is 0 Å². The molecule has 0 saturated carbocycles. The Balaban J connectivity index is 1.73. The van der Waals surface area contributed by atoms with Crippen molar-refractivity contribution in [1.82, 2.24) is 15.0 Å². The minimum absolute atomic E-state index is 0.370. The molecule has 4 heterocycles. The molecule has 24 heavy (non-hydrogen) atoms. The van der Waals surface area contributed by atoms with E-state index in [1.165, 1.54) is 12.4 Å². The van der Waals surface area contributed by atoms with E-state index in [1.54, 1.807) is 11.3 Å². The average molecular weight is 350 g/mol. The summed E-state index contributed by atoms with van der Waals surface area (Å²) in [5.74, 6) is 0.779. The van der Waals surface area contributed by atoms with Crippen molar-refractivity contribution in [3.05, 3.63) is 46.4 Å². The van der Waals surface area contributed by atoms with Gasteiger partial charge >= 0.3 is 6.18 Å². The van der Waals surface area contributed by atoms with Crippen LogP contribution in [0.1, 0.15) is 22.4 Å². The molecule has 8 heteroatoms. The number of aryl methyl sites for hydroxylation is 1. The summed E-state index contributed by atoms with van der Waals surface area (Å²) in [6, 6.07) is 1.20. The number of rotatable bonds is 1. The Kier molecular flexibility index (Phi) is 3.45. The van der Waals surface area contributed by atoms with E-state index in [0.29, 0.717) is 25.1 Å². The summed E-state index contributed by atoms with van der Waals surface area (Å²) in [4.78, 5) is 14.7. The van der Waals surface area contributed by atoms with Crippen molar-refractivity contribution in [2.75, 3.05) is 11.4 Å². The van der Waals surface area contributed by atoms with Gasteiger partial charge in [-0.25, -0.2) is 9.97 Å². The Morgan fingerprint density at radius 3 is 2.83 bits per heavy atom. The maximum atomic E-state index is 12.9. The fraction of sp³-hybridized carbons (Fsp3) is 0.312. The zero-order valence-corrected chi connectivity index (χ0v) is 13.6. The van der Waals surface area contributed by atoms with Crippen molar-refractivity contribution in [3.63, 3.8) is 0 Å². The quantitative estimate of drug-likeness (QED) is 0.666. The molecule has 0 radical (unpaired) electrons. The van der Waals surface area contributed by atoms with E-state index in [-0.39, 0.29) is 0 Å². The van der Waals surface area contributed by atoms with Crippen LogP contribution in [-0.2, 0) is 19.1 Å². The van der Waals surface area contributed by atoms with E-state index in [1.807, 2.05) is 17.2 Å². The highest BCUT2D eigenvalue weighted by atomic mass is 32.1. The molecule has 0 aliphatic carbocycles. The Bertz CT molecular complexity index is 919. The van der Waals surface area contributed by atoms with E-state index in [9.17, 15) is 13.2 Å². The molecule has 3 aromatic heterocycles. The van der Waals surface area contributed by atoms with Crippen molar-refractivity contribution >= 4 is 27.4 Å². The second-order valence-corrected chi connectivity index (χ2v) is 6.67. The van der Waals surface area contributed by atoms with Gasteiger partial charge in [0.1, 0.15) is 12.1 Å². The molecule has 124 valence electrons. The molecular weight excluding hydrogens is 337 g/mol. The number of pyridine rings is 1. The molecule has 1 aliphatic heterocycles. The molecule has 0 spiro atoms.